The van der Waals surface area contributed by atoms with Gasteiger partial charge in [0.15, 0.2) is 0 Å². The number of anilines is 1. The molecular formula is C15H16N4O2. The van der Waals surface area contributed by atoms with Gasteiger partial charge < -0.3 is 10.4 Å². The van der Waals surface area contributed by atoms with Crippen molar-refractivity contribution in [3.8, 4) is 11.8 Å². The van der Waals surface area contributed by atoms with Crippen molar-refractivity contribution in [1.82, 2.24) is 14.8 Å². The number of carbonyl (C=O) groups excluding carboxylic acids is 1. The molecule has 0 radical (unpaired) electrons. The predicted octanol–water partition coefficient (Wildman–Crippen LogP) is 0.959. The Labute approximate surface area is 122 Å². The summed E-state index contributed by atoms with van der Waals surface area (Å²) in [5.41, 5.74) is 2.47. The second-order valence-corrected chi connectivity index (χ2v) is 4.45. The number of benzene rings is 1. The van der Waals surface area contributed by atoms with E-state index in [1.807, 2.05) is 25.1 Å². The van der Waals surface area contributed by atoms with Gasteiger partial charge in [0.2, 0.25) is 5.91 Å². The largest absolute Gasteiger partial charge is 0.395 e. The molecule has 6 nitrogen and oxygen atoms in total. The third kappa shape index (κ3) is 4.44. The van der Waals surface area contributed by atoms with E-state index in [4.69, 9.17) is 5.11 Å². The Morgan fingerprint density at radius 3 is 3.05 bits per heavy atom. The highest BCUT2D eigenvalue weighted by molar-refractivity contribution is 5.91. The fraction of sp³-hybridized carbons (Fsp3) is 0.267. The van der Waals surface area contributed by atoms with Crippen molar-refractivity contribution >= 4 is 11.6 Å². The third-order valence-electron chi connectivity index (χ3n) is 2.75. The molecule has 0 unspecified atom stereocenters. The molecule has 2 N–H and O–H groups in total. The molecule has 0 aliphatic rings. The minimum atomic E-state index is -0.177. The highest BCUT2D eigenvalue weighted by Crippen LogP contribution is 2.16. The van der Waals surface area contributed by atoms with E-state index in [2.05, 4.69) is 27.2 Å². The zero-order valence-electron chi connectivity index (χ0n) is 11.7. The number of amides is 1. The molecule has 0 aliphatic heterocycles. The van der Waals surface area contributed by atoms with Crippen molar-refractivity contribution in [3.63, 3.8) is 0 Å². The van der Waals surface area contributed by atoms with Crippen LogP contribution in [0.25, 0.3) is 0 Å². The SMILES string of the molecule is Cc1ccc(C#CCCO)cc1NC(=O)Cn1cncn1. The summed E-state index contributed by atoms with van der Waals surface area (Å²) in [5.74, 6) is 5.62. The first-order valence-corrected chi connectivity index (χ1v) is 6.51. The lowest BCUT2D eigenvalue weighted by Gasteiger charge is -2.08. The lowest BCUT2D eigenvalue weighted by atomic mass is 10.1. The first kappa shape index (κ1) is 14.8. The van der Waals surface area contributed by atoms with Crippen LogP contribution < -0.4 is 5.32 Å². The van der Waals surface area contributed by atoms with Crippen molar-refractivity contribution in [1.29, 1.82) is 0 Å². The van der Waals surface area contributed by atoms with Crippen LogP contribution in [0.2, 0.25) is 0 Å². The molecule has 0 spiro atoms. The Morgan fingerprint density at radius 1 is 1.48 bits per heavy atom. The monoisotopic (exact) mass is 284 g/mol. The maximum absolute atomic E-state index is 11.9. The van der Waals surface area contributed by atoms with Crippen molar-refractivity contribution in [2.24, 2.45) is 0 Å². The Hall–Kier alpha value is -2.65. The average Bonchev–Trinajstić information content (AvgIpc) is 2.95. The number of nitrogens with zero attached hydrogens (tertiary/aromatic N) is 3. The van der Waals surface area contributed by atoms with Crippen molar-refractivity contribution in [3.05, 3.63) is 42.0 Å². The van der Waals surface area contributed by atoms with Gasteiger partial charge in [-0.3, -0.25) is 4.79 Å². The summed E-state index contributed by atoms with van der Waals surface area (Å²) in [5, 5.41) is 15.4. The number of rotatable bonds is 4. The summed E-state index contributed by atoms with van der Waals surface area (Å²) in [7, 11) is 0. The van der Waals surface area contributed by atoms with E-state index in [1.165, 1.54) is 17.3 Å². The summed E-state index contributed by atoms with van der Waals surface area (Å²) in [4.78, 5) is 15.7. The van der Waals surface area contributed by atoms with Crippen LogP contribution in [0.3, 0.4) is 0 Å². The highest BCUT2D eigenvalue weighted by atomic mass is 16.2. The average molecular weight is 284 g/mol. The molecule has 0 fully saturated rings. The summed E-state index contributed by atoms with van der Waals surface area (Å²) in [6.45, 7) is 2.07. The van der Waals surface area contributed by atoms with Gasteiger partial charge in [0.05, 0.1) is 6.61 Å². The molecule has 2 aromatic rings. The number of nitrogens with one attached hydrogen (secondary N) is 1. The van der Waals surface area contributed by atoms with Gasteiger partial charge in [0.25, 0.3) is 0 Å². The minimum Gasteiger partial charge on any atom is -0.395 e. The van der Waals surface area contributed by atoms with Crippen LogP contribution in [-0.2, 0) is 11.3 Å². The standard InChI is InChI=1S/C15H16N4O2/c1-12-5-6-13(4-2-3-7-20)8-14(12)18-15(21)9-19-11-16-10-17-19/h5-6,8,10-11,20H,3,7,9H2,1H3,(H,18,21). The molecule has 2 rings (SSSR count). The van der Waals surface area contributed by atoms with Crippen LogP contribution in [0.4, 0.5) is 5.69 Å². The maximum Gasteiger partial charge on any atom is 0.246 e. The molecular weight excluding hydrogens is 268 g/mol. The lowest BCUT2D eigenvalue weighted by molar-refractivity contribution is -0.116. The number of aliphatic hydroxyl groups is 1. The van der Waals surface area contributed by atoms with Gasteiger partial charge in [-0.1, -0.05) is 17.9 Å². The van der Waals surface area contributed by atoms with Gasteiger partial charge in [-0.25, -0.2) is 9.67 Å². The summed E-state index contributed by atoms with van der Waals surface area (Å²) in [6, 6.07) is 5.60. The van der Waals surface area contributed by atoms with E-state index >= 15 is 0 Å². The van der Waals surface area contributed by atoms with Crippen molar-refractivity contribution < 1.29 is 9.90 Å². The molecule has 1 aromatic heterocycles. The first-order valence-electron chi connectivity index (χ1n) is 6.51. The quantitative estimate of drug-likeness (QED) is 0.820. The van der Waals surface area contributed by atoms with Crippen LogP contribution in [0.1, 0.15) is 17.5 Å². The predicted molar refractivity (Wildman–Crippen MR) is 78.4 cm³/mol. The van der Waals surface area contributed by atoms with Crippen LogP contribution in [0, 0.1) is 18.8 Å². The Balaban J connectivity index is 2.06. The van der Waals surface area contributed by atoms with E-state index in [-0.39, 0.29) is 19.1 Å². The summed E-state index contributed by atoms with van der Waals surface area (Å²) in [6.07, 6.45) is 3.31. The molecule has 1 amide bonds. The Morgan fingerprint density at radius 2 is 2.33 bits per heavy atom. The van der Waals surface area contributed by atoms with E-state index in [0.29, 0.717) is 6.42 Å². The van der Waals surface area contributed by atoms with Crippen LogP contribution in [0.5, 0.6) is 0 Å². The Kier molecular flexibility index (Phi) is 5.07. The van der Waals surface area contributed by atoms with Gasteiger partial charge in [0, 0.05) is 17.7 Å². The number of aryl methyl sites for hydroxylation is 1. The minimum absolute atomic E-state index is 0.0420. The molecule has 0 saturated carbocycles. The molecule has 108 valence electrons. The topological polar surface area (TPSA) is 80.0 Å². The molecule has 1 aromatic carbocycles. The molecule has 0 aliphatic carbocycles. The van der Waals surface area contributed by atoms with E-state index in [0.717, 1.165) is 16.8 Å². The van der Waals surface area contributed by atoms with Crippen LogP contribution in [0.15, 0.2) is 30.9 Å². The molecule has 21 heavy (non-hydrogen) atoms. The van der Waals surface area contributed by atoms with Gasteiger partial charge in [-0.15, -0.1) is 0 Å². The zero-order chi connectivity index (χ0) is 15.1. The molecule has 0 saturated heterocycles. The zero-order valence-corrected chi connectivity index (χ0v) is 11.7. The first-order chi connectivity index (χ1) is 10.2. The summed E-state index contributed by atoms with van der Waals surface area (Å²) < 4.78 is 1.45. The number of hydrogen-bond donors (Lipinski definition) is 2. The molecule has 1 heterocycles. The second-order valence-electron chi connectivity index (χ2n) is 4.45. The molecule has 6 heteroatoms. The fourth-order valence-corrected chi connectivity index (χ4v) is 1.71. The molecule has 0 bridgehead atoms. The number of hydrogen-bond acceptors (Lipinski definition) is 4. The number of aliphatic hydroxyl groups excluding tert-OH is 1. The van der Waals surface area contributed by atoms with Crippen molar-refractivity contribution in [2.45, 2.75) is 19.9 Å². The van der Waals surface area contributed by atoms with Gasteiger partial charge in [-0.2, -0.15) is 5.10 Å². The van der Waals surface area contributed by atoms with E-state index < -0.39 is 0 Å². The van der Waals surface area contributed by atoms with Gasteiger partial charge >= 0.3 is 0 Å². The number of carbonyl (C=O) groups is 1. The second kappa shape index (κ2) is 7.22. The van der Waals surface area contributed by atoms with Crippen LogP contribution >= 0.6 is 0 Å². The highest BCUT2D eigenvalue weighted by Gasteiger charge is 2.06. The van der Waals surface area contributed by atoms with Crippen molar-refractivity contribution in [2.75, 3.05) is 11.9 Å². The Bertz CT molecular complexity index is 669. The third-order valence-corrected chi connectivity index (χ3v) is 2.75. The van der Waals surface area contributed by atoms with Crippen LogP contribution in [-0.4, -0.2) is 32.4 Å². The lowest BCUT2D eigenvalue weighted by Crippen LogP contribution is -2.19. The smallest absolute Gasteiger partial charge is 0.246 e. The van der Waals surface area contributed by atoms with Gasteiger partial charge in [-0.05, 0) is 24.6 Å². The number of aromatic nitrogens is 3. The van der Waals surface area contributed by atoms with E-state index in [9.17, 15) is 4.79 Å². The summed E-state index contributed by atoms with van der Waals surface area (Å²) >= 11 is 0. The molecule has 0 atom stereocenters. The maximum atomic E-state index is 11.9. The normalized spacial score (nSPS) is 9.81. The van der Waals surface area contributed by atoms with E-state index in [1.54, 1.807) is 0 Å². The van der Waals surface area contributed by atoms with Gasteiger partial charge in [0.1, 0.15) is 19.2 Å². The fourth-order valence-electron chi connectivity index (χ4n) is 1.71.